The molecule has 0 spiro atoms. The molecule has 2 saturated heterocycles. The fraction of sp³-hybridized carbons (Fsp3) is 0.500. The topological polar surface area (TPSA) is 85.1 Å². The molecule has 2 aromatic rings. The second-order valence-corrected chi connectivity index (χ2v) is 7.79. The summed E-state index contributed by atoms with van der Waals surface area (Å²) in [5, 5.41) is 3.85. The average molecular weight is 413 g/mol. The molecular weight excluding hydrogens is 386 g/mol. The lowest BCUT2D eigenvalue weighted by Gasteiger charge is -2.39. The first-order valence-electron chi connectivity index (χ1n) is 10.4. The molecular formula is C22H27N3O5. The largest absolute Gasteiger partial charge is 0.490 e. The number of nitrogens with zero attached hydrogens (tertiary/aromatic N) is 3. The number of hydrogen-bond donors (Lipinski definition) is 0. The number of aromatic nitrogens is 1. The number of aryl methyl sites for hydroxylation is 1. The summed E-state index contributed by atoms with van der Waals surface area (Å²) in [5.74, 6) is 1.18. The number of ether oxygens (including phenoxy) is 2. The van der Waals surface area contributed by atoms with E-state index >= 15 is 0 Å². The summed E-state index contributed by atoms with van der Waals surface area (Å²) in [5.41, 5.74) is 0.299. The molecule has 1 aromatic carbocycles. The van der Waals surface area contributed by atoms with Gasteiger partial charge in [0.05, 0.1) is 13.2 Å². The molecule has 30 heavy (non-hydrogen) atoms. The lowest BCUT2D eigenvalue weighted by Crippen LogP contribution is -2.50. The minimum absolute atomic E-state index is 0.0801. The first-order valence-corrected chi connectivity index (χ1v) is 10.4. The molecule has 2 aliphatic heterocycles. The first-order chi connectivity index (χ1) is 14.6. The maximum absolute atomic E-state index is 12.9. The highest BCUT2D eigenvalue weighted by atomic mass is 16.5. The standard InChI is InChI=1S/C22H27N3O5/c1-16-13-19(23-30-16)22(27)25-8-7-20(29-18-5-3-2-4-6-18)17(15-25)14-21(26)24-9-11-28-12-10-24/h2-6,13,17,20H,7-12,14-15H2,1H3/t17-,20-/m0/s1. The van der Waals surface area contributed by atoms with Crippen molar-refractivity contribution >= 4 is 11.8 Å². The predicted molar refractivity (Wildman–Crippen MR) is 108 cm³/mol. The number of benzene rings is 1. The predicted octanol–water partition coefficient (Wildman–Crippen LogP) is 2.14. The van der Waals surface area contributed by atoms with Gasteiger partial charge in [-0.25, -0.2) is 0 Å². The molecule has 1 aromatic heterocycles. The smallest absolute Gasteiger partial charge is 0.276 e. The van der Waals surface area contributed by atoms with Crippen molar-refractivity contribution in [1.82, 2.24) is 15.0 Å². The van der Waals surface area contributed by atoms with E-state index in [0.717, 1.165) is 5.75 Å². The van der Waals surface area contributed by atoms with Crippen molar-refractivity contribution in [3.63, 3.8) is 0 Å². The Morgan fingerprint density at radius 1 is 1.13 bits per heavy atom. The molecule has 160 valence electrons. The summed E-state index contributed by atoms with van der Waals surface area (Å²) in [4.78, 5) is 29.3. The van der Waals surface area contributed by atoms with Crippen LogP contribution in [0.5, 0.6) is 5.75 Å². The van der Waals surface area contributed by atoms with Crippen LogP contribution in [0.2, 0.25) is 0 Å². The highest BCUT2D eigenvalue weighted by Gasteiger charge is 2.36. The minimum Gasteiger partial charge on any atom is -0.490 e. The Morgan fingerprint density at radius 3 is 2.60 bits per heavy atom. The van der Waals surface area contributed by atoms with Gasteiger partial charge in [-0.3, -0.25) is 9.59 Å². The second-order valence-electron chi connectivity index (χ2n) is 7.79. The molecule has 8 nitrogen and oxygen atoms in total. The summed E-state index contributed by atoms with van der Waals surface area (Å²) in [6, 6.07) is 11.3. The van der Waals surface area contributed by atoms with Crippen molar-refractivity contribution in [3.05, 3.63) is 47.9 Å². The van der Waals surface area contributed by atoms with Gasteiger partial charge in [-0.2, -0.15) is 0 Å². The van der Waals surface area contributed by atoms with Crippen molar-refractivity contribution in [2.24, 2.45) is 5.92 Å². The Labute approximate surface area is 175 Å². The van der Waals surface area contributed by atoms with Gasteiger partial charge in [0.1, 0.15) is 17.6 Å². The number of likely N-dealkylation sites (tertiary alicyclic amines) is 1. The fourth-order valence-corrected chi connectivity index (χ4v) is 4.02. The van der Waals surface area contributed by atoms with E-state index < -0.39 is 0 Å². The summed E-state index contributed by atoms with van der Waals surface area (Å²) in [6.45, 7) is 5.09. The van der Waals surface area contributed by atoms with Gasteiger partial charge >= 0.3 is 0 Å². The van der Waals surface area contributed by atoms with E-state index in [1.807, 2.05) is 35.2 Å². The van der Waals surface area contributed by atoms with E-state index in [1.54, 1.807) is 17.9 Å². The third-order valence-electron chi connectivity index (χ3n) is 5.63. The van der Waals surface area contributed by atoms with Gasteiger partial charge in [0.15, 0.2) is 5.69 Å². The number of hydrogen-bond acceptors (Lipinski definition) is 6. The van der Waals surface area contributed by atoms with Crippen LogP contribution in [-0.2, 0) is 9.53 Å². The number of amides is 2. The molecule has 0 bridgehead atoms. The summed E-state index contributed by atoms with van der Waals surface area (Å²) in [6.07, 6.45) is 0.845. The number of piperidine rings is 1. The van der Waals surface area contributed by atoms with Gasteiger partial charge in [-0.15, -0.1) is 0 Å². The van der Waals surface area contributed by atoms with Gasteiger partial charge in [0.2, 0.25) is 5.91 Å². The number of para-hydroxylation sites is 1. The molecule has 2 fully saturated rings. The Bertz CT molecular complexity index is 863. The molecule has 8 heteroatoms. The van der Waals surface area contributed by atoms with Crippen LogP contribution in [0, 0.1) is 12.8 Å². The van der Waals surface area contributed by atoms with E-state index in [1.165, 1.54) is 0 Å². The molecule has 0 N–H and O–H groups in total. The highest BCUT2D eigenvalue weighted by molar-refractivity contribution is 5.92. The van der Waals surface area contributed by atoms with Crippen LogP contribution in [0.1, 0.15) is 29.1 Å². The third kappa shape index (κ3) is 4.81. The van der Waals surface area contributed by atoms with Crippen LogP contribution in [0.15, 0.2) is 40.9 Å². The molecule has 0 unspecified atom stereocenters. The van der Waals surface area contributed by atoms with Crippen LogP contribution < -0.4 is 4.74 Å². The lowest BCUT2D eigenvalue weighted by molar-refractivity contribution is -0.137. The molecule has 2 aliphatic rings. The Balaban J connectivity index is 1.47. The maximum Gasteiger partial charge on any atom is 0.276 e. The monoisotopic (exact) mass is 413 g/mol. The van der Waals surface area contributed by atoms with Gasteiger partial charge < -0.3 is 23.8 Å². The molecule has 3 heterocycles. The van der Waals surface area contributed by atoms with Crippen LogP contribution in [0.4, 0.5) is 0 Å². The van der Waals surface area contributed by atoms with E-state index in [9.17, 15) is 9.59 Å². The highest BCUT2D eigenvalue weighted by Crippen LogP contribution is 2.27. The van der Waals surface area contributed by atoms with Gasteiger partial charge in [0, 0.05) is 51.0 Å². The second kappa shape index (κ2) is 9.30. The van der Waals surface area contributed by atoms with E-state index in [2.05, 4.69) is 5.16 Å². The first kappa shape index (κ1) is 20.4. The van der Waals surface area contributed by atoms with E-state index in [4.69, 9.17) is 14.0 Å². The SMILES string of the molecule is Cc1cc(C(=O)N2CC[C@H](Oc3ccccc3)[C@@H](CC(=O)N3CCOCC3)C2)no1. The van der Waals surface area contributed by atoms with Crippen LogP contribution in [0.3, 0.4) is 0 Å². The maximum atomic E-state index is 12.9. The number of morpholine rings is 1. The zero-order valence-electron chi connectivity index (χ0n) is 17.2. The number of rotatable bonds is 5. The lowest BCUT2D eigenvalue weighted by atomic mass is 9.90. The molecule has 4 rings (SSSR count). The van der Waals surface area contributed by atoms with Crippen LogP contribution >= 0.6 is 0 Å². The van der Waals surface area contributed by atoms with Crippen molar-refractivity contribution in [2.45, 2.75) is 25.9 Å². The molecule has 0 saturated carbocycles. The molecule has 0 radical (unpaired) electrons. The Kier molecular flexibility index (Phi) is 6.32. The molecule has 2 atom stereocenters. The van der Waals surface area contributed by atoms with Crippen LogP contribution in [0.25, 0.3) is 0 Å². The van der Waals surface area contributed by atoms with Crippen molar-refractivity contribution in [1.29, 1.82) is 0 Å². The Hall–Kier alpha value is -2.87. The van der Waals surface area contributed by atoms with Crippen molar-refractivity contribution < 1.29 is 23.6 Å². The Morgan fingerprint density at radius 2 is 1.90 bits per heavy atom. The summed E-state index contributed by atoms with van der Waals surface area (Å²) in [7, 11) is 0. The molecule has 0 aliphatic carbocycles. The van der Waals surface area contributed by atoms with Crippen molar-refractivity contribution in [2.75, 3.05) is 39.4 Å². The molecule has 2 amide bonds. The summed E-state index contributed by atoms with van der Waals surface area (Å²) < 4.78 is 16.6. The number of carbonyl (C=O) groups excluding carboxylic acids is 2. The van der Waals surface area contributed by atoms with E-state index in [-0.39, 0.29) is 23.8 Å². The third-order valence-corrected chi connectivity index (χ3v) is 5.63. The van der Waals surface area contributed by atoms with Gasteiger partial charge in [0.25, 0.3) is 5.91 Å². The zero-order chi connectivity index (χ0) is 20.9. The fourth-order valence-electron chi connectivity index (χ4n) is 4.02. The quantitative estimate of drug-likeness (QED) is 0.747. The average Bonchev–Trinajstić information content (AvgIpc) is 3.22. The minimum atomic E-state index is -0.172. The van der Waals surface area contributed by atoms with E-state index in [0.29, 0.717) is 63.7 Å². The number of carbonyl (C=O) groups is 2. The normalized spacial score (nSPS) is 22.0. The summed E-state index contributed by atoms with van der Waals surface area (Å²) >= 11 is 0. The van der Waals surface area contributed by atoms with Crippen LogP contribution in [-0.4, -0.2) is 72.3 Å². The van der Waals surface area contributed by atoms with Crippen molar-refractivity contribution in [3.8, 4) is 5.75 Å². The van der Waals surface area contributed by atoms with Gasteiger partial charge in [-0.1, -0.05) is 23.4 Å². The van der Waals surface area contributed by atoms with Gasteiger partial charge in [-0.05, 0) is 19.1 Å². The zero-order valence-corrected chi connectivity index (χ0v) is 17.2.